The second-order valence-electron chi connectivity index (χ2n) is 6.11. The summed E-state index contributed by atoms with van der Waals surface area (Å²) in [4.78, 5) is 17.8. The topological polar surface area (TPSA) is 75.5 Å². The first-order valence-electron chi connectivity index (χ1n) is 8.87. The predicted octanol–water partition coefficient (Wildman–Crippen LogP) is 1.60. The third-order valence-electron chi connectivity index (χ3n) is 4.51. The fourth-order valence-corrected chi connectivity index (χ4v) is 3.86. The number of carbonyl (C=O) groups excluding carboxylic acids is 1. The van der Waals surface area contributed by atoms with Crippen molar-refractivity contribution in [1.29, 1.82) is 0 Å². The third-order valence-corrected chi connectivity index (χ3v) is 5.26. The van der Waals surface area contributed by atoms with E-state index in [-0.39, 0.29) is 5.91 Å². The number of fused-ring (bicyclic) bond motifs is 2. The van der Waals surface area contributed by atoms with Gasteiger partial charge in [-0.3, -0.25) is 15.1 Å². The standard InChI is InChI=1S/C20H20N4O3S/c1-4-28-20-22-19(25)17-13-7-5-6-8-15(13)21-18(24(17)23-20)14-11-12(26-2)9-10-16(14)27-3/h5-11,18H,4H2,1-3H3,(H,22,23,25)/t18-/m1/s1. The molecule has 2 aliphatic heterocycles. The second kappa shape index (κ2) is 7.55. The van der Waals surface area contributed by atoms with Gasteiger partial charge in [-0.25, -0.2) is 5.01 Å². The summed E-state index contributed by atoms with van der Waals surface area (Å²) in [6.45, 7) is 2.01. The van der Waals surface area contributed by atoms with Crippen molar-refractivity contribution >= 4 is 28.5 Å². The number of benzene rings is 2. The third kappa shape index (κ3) is 3.09. The number of nitrogens with zero attached hydrogens (tertiary/aromatic N) is 3. The molecule has 144 valence electrons. The van der Waals surface area contributed by atoms with Crippen LogP contribution in [0.5, 0.6) is 11.5 Å². The molecule has 28 heavy (non-hydrogen) atoms. The zero-order valence-corrected chi connectivity index (χ0v) is 16.6. The highest BCUT2D eigenvalue weighted by Crippen LogP contribution is 2.37. The van der Waals surface area contributed by atoms with E-state index in [1.165, 1.54) is 11.8 Å². The Kier molecular flexibility index (Phi) is 4.95. The monoisotopic (exact) mass is 396 g/mol. The number of rotatable bonds is 4. The van der Waals surface area contributed by atoms with E-state index in [2.05, 4.69) is 10.4 Å². The molecular formula is C20H20N4O3S. The molecule has 8 heteroatoms. The molecule has 0 spiro atoms. The molecule has 0 aliphatic carbocycles. The highest BCUT2D eigenvalue weighted by atomic mass is 32.2. The molecule has 1 N–H and O–H groups in total. The van der Waals surface area contributed by atoms with E-state index in [1.807, 2.05) is 49.4 Å². The number of amides is 1. The summed E-state index contributed by atoms with van der Waals surface area (Å²) in [5.41, 5.74) is 1.24. The van der Waals surface area contributed by atoms with Crippen LogP contribution in [0.1, 0.15) is 18.7 Å². The van der Waals surface area contributed by atoms with Gasteiger partial charge in [-0.05, 0) is 30.0 Å². The van der Waals surface area contributed by atoms with Crippen LogP contribution >= 0.6 is 11.8 Å². The first-order chi connectivity index (χ1) is 13.7. The highest BCUT2D eigenvalue weighted by molar-refractivity contribution is 8.13. The minimum Gasteiger partial charge on any atom is -0.497 e. The van der Waals surface area contributed by atoms with Crippen LogP contribution in [0.25, 0.3) is 5.70 Å². The molecule has 7 nitrogen and oxygen atoms in total. The quantitative estimate of drug-likeness (QED) is 0.850. The summed E-state index contributed by atoms with van der Waals surface area (Å²) < 4.78 is 11.0. The molecule has 0 saturated carbocycles. The SMILES string of the molecule is CCSC1=NN2C(=c3ccccc3=N[C@H]2c2cc(OC)ccc2OC)C(=O)N1. The molecule has 2 heterocycles. The Balaban J connectivity index is 1.97. The first kappa shape index (κ1) is 18.4. The van der Waals surface area contributed by atoms with Gasteiger partial charge in [0.2, 0.25) is 0 Å². The molecule has 4 rings (SSSR count). The minimum atomic E-state index is -0.548. The number of hydrazone groups is 1. The average Bonchev–Trinajstić information content (AvgIpc) is 2.72. The van der Waals surface area contributed by atoms with Gasteiger partial charge in [0.05, 0.1) is 19.6 Å². The molecule has 1 amide bonds. The molecule has 0 fully saturated rings. The van der Waals surface area contributed by atoms with Crippen molar-refractivity contribution in [2.75, 3.05) is 20.0 Å². The number of methoxy groups -OCH3 is 2. The summed E-state index contributed by atoms with van der Waals surface area (Å²) in [5.74, 6) is 1.93. The predicted molar refractivity (Wildman–Crippen MR) is 108 cm³/mol. The fourth-order valence-electron chi connectivity index (χ4n) is 3.27. The summed E-state index contributed by atoms with van der Waals surface area (Å²) in [5, 5.41) is 11.3. The van der Waals surface area contributed by atoms with Gasteiger partial charge in [0, 0.05) is 10.8 Å². The molecule has 0 unspecified atom stereocenters. The van der Waals surface area contributed by atoms with Gasteiger partial charge in [-0.2, -0.15) is 0 Å². The van der Waals surface area contributed by atoms with Crippen LogP contribution in [0.2, 0.25) is 0 Å². The number of amidine groups is 1. The van der Waals surface area contributed by atoms with Crippen molar-refractivity contribution < 1.29 is 14.3 Å². The van der Waals surface area contributed by atoms with Gasteiger partial charge in [0.1, 0.15) is 17.2 Å². The molecule has 2 aromatic carbocycles. The number of ether oxygens (including phenoxy) is 2. The van der Waals surface area contributed by atoms with Crippen molar-refractivity contribution in [3.8, 4) is 11.5 Å². The maximum absolute atomic E-state index is 12.9. The van der Waals surface area contributed by atoms with Gasteiger partial charge < -0.3 is 9.47 Å². The van der Waals surface area contributed by atoms with Crippen LogP contribution in [0.3, 0.4) is 0 Å². The fraction of sp³-hybridized carbons (Fsp3) is 0.250. The Morgan fingerprint density at radius 2 is 2.00 bits per heavy atom. The van der Waals surface area contributed by atoms with Gasteiger partial charge in [-0.1, -0.05) is 36.9 Å². The zero-order valence-electron chi connectivity index (χ0n) is 15.8. The molecule has 0 saturated heterocycles. The number of carbonyl (C=O) groups is 1. The van der Waals surface area contributed by atoms with Crippen LogP contribution in [0.4, 0.5) is 0 Å². The number of hydrogen-bond donors (Lipinski definition) is 1. The Hall–Kier alpha value is -3.00. The Bertz CT molecular complexity index is 1080. The van der Waals surface area contributed by atoms with E-state index < -0.39 is 6.17 Å². The van der Waals surface area contributed by atoms with Gasteiger partial charge >= 0.3 is 0 Å². The largest absolute Gasteiger partial charge is 0.497 e. The lowest BCUT2D eigenvalue weighted by Gasteiger charge is -2.34. The smallest absolute Gasteiger partial charge is 0.276 e. The Morgan fingerprint density at radius 1 is 1.18 bits per heavy atom. The van der Waals surface area contributed by atoms with E-state index in [4.69, 9.17) is 14.5 Å². The Labute approximate surface area is 166 Å². The van der Waals surface area contributed by atoms with Crippen LogP contribution in [0, 0.1) is 0 Å². The normalized spacial score (nSPS) is 17.8. The lowest BCUT2D eigenvalue weighted by molar-refractivity contribution is -0.116. The Morgan fingerprint density at radius 3 is 2.75 bits per heavy atom. The van der Waals surface area contributed by atoms with Crippen molar-refractivity contribution in [1.82, 2.24) is 10.3 Å². The van der Waals surface area contributed by atoms with E-state index >= 15 is 0 Å². The van der Waals surface area contributed by atoms with Crippen LogP contribution in [0.15, 0.2) is 52.6 Å². The van der Waals surface area contributed by atoms with Crippen LogP contribution < -0.4 is 25.4 Å². The van der Waals surface area contributed by atoms with Crippen molar-refractivity contribution in [2.45, 2.75) is 13.1 Å². The van der Waals surface area contributed by atoms with Crippen molar-refractivity contribution in [2.24, 2.45) is 10.1 Å². The number of para-hydroxylation sites is 1. The van der Waals surface area contributed by atoms with Crippen LogP contribution in [-0.4, -0.2) is 36.1 Å². The first-order valence-corrected chi connectivity index (χ1v) is 9.86. The minimum absolute atomic E-state index is 0.194. The summed E-state index contributed by atoms with van der Waals surface area (Å²) >= 11 is 1.47. The van der Waals surface area contributed by atoms with E-state index in [1.54, 1.807) is 19.2 Å². The van der Waals surface area contributed by atoms with E-state index in [0.29, 0.717) is 22.4 Å². The van der Waals surface area contributed by atoms with Gasteiger partial charge in [0.15, 0.2) is 11.3 Å². The molecule has 0 bridgehead atoms. The van der Waals surface area contributed by atoms with Crippen molar-refractivity contribution in [3.05, 3.63) is 58.6 Å². The summed E-state index contributed by atoms with van der Waals surface area (Å²) in [6.07, 6.45) is -0.548. The van der Waals surface area contributed by atoms with E-state index in [0.717, 1.165) is 21.9 Å². The zero-order chi connectivity index (χ0) is 19.7. The number of thioether (sulfide) groups is 1. The molecule has 2 aliphatic rings. The molecule has 2 aromatic rings. The van der Waals surface area contributed by atoms with E-state index in [9.17, 15) is 4.79 Å². The van der Waals surface area contributed by atoms with Gasteiger partial charge in [-0.15, -0.1) is 5.10 Å². The molecule has 0 radical (unpaired) electrons. The maximum Gasteiger partial charge on any atom is 0.276 e. The van der Waals surface area contributed by atoms with Crippen LogP contribution in [-0.2, 0) is 4.79 Å². The molecule has 1 atom stereocenters. The average molecular weight is 396 g/mol. The summed E-state index contributed by atoms with van der Waals surface area (Å²) in [7, 11) is 3.22. The lowest BCUT2D eigenvalue weighted by Crippen LogP contribution is -2.50. The maximum atomic E-state index is 12.9. The summed E-state index contributed by atoms with van der Waals surface area (Å²) in [6, 6.07) is 13.1. The van der Waals surface area contributed by atoms with Gasteiger partial charge in [0.25, 0.3) is 5.91 Å². The second-order valence-corrected chi connectivity index (χ2v) is 7.37. The number of nitrogens with one attached hydrogen (secondary N) is 1. The lowest BCUT2D eigenvalue weighted by atomic mass is 10.1. The van der Waals surface area contributed by atoms with Crippen molar-refractivity contribution in [3.63, 3.8) is 0 Å². The number of hydrogen-bond acceptors (Lipinski definition) is 7. The molecular weight excluding hydrogens is 376 g/mol. The molecule has 0 aromatic heterocycles. The highest BCUT2D eigenvalue weighted by Gasteiger charge is 2.35.